The molecule has 0 spiro atoms. The van der Waals surface area contributed by atoms with Gasteiger partial charge in [0.15, 0.2) is 5.78 Å². The molecule has 194 valence electrons. The van der Waals surface area contributed by atoms with Crippen LogP contribution < -0.4 is 0 Å². The van der Waals surface area contributed by atoms with Crippen LogP contribution in [0, 0.1) is 24.7 Å². The summed E-state index contributed by atoms with van der Waals surface area (Å²) < 4.78 is 5.81. The lowest BCUT2D eigenvalue weighted by molar-refractivity contribution is -0.150. The van der Waals surface area contributed by atoms with E-state index in [1.165, 1.54) is 0 Å². The maximum atomic E-state index is 12.9. The van der Waals surface area contributed by atoms with E-state index in [1.807, 2.05) is 39.1 Å². The Morgan fingerprint density at radius 1 is 1.33 bits per heavy atom. The van der Waals surface area contributed by atoms with E-state index >= 15 is 0 Å². The third kappa shape index (κ3) is 6.29. The standard InChI is InChI=1S/C30H39NO5/c1-7-21-13-23(25-12-11-18(4)16-31-25)19(5)30(21)36-27(33)15-26(32)24-14-22(10-8-9-17(2)3)28(34)20(6)29(24)35/h7,11-12,14,16,20-22,26,28,30,32,34H,1-2,8-10,13,15H2,3-6H3/t20-,21-,22-,26+,28-,30-/m1/s1. The second kappa shape index (κ2) is 11.9. The number of hydrogen-bond acceptors (Lipinski definition) is 6. The zero-order chi connectivity index (χ0) is 26.6. The molecule has 0 radical (unpaired) electrons. The Bertz CT molecular complexity index is 1070. The van der Waals surface area contributed by atoms with Crippen molar-refractivity contribution in [1.82, 2.24) is 4.98 Å². The second-order valence-corrected chi connectivity index (χ2v) is 10.4. The summed E-state index contributed by atoms with van der Waals surface area (Å²) in [7, 11) is 0. The first kappa shape index (κ1) is 27.8. The molecular formula is C30H39NO5. The molecule has 0 saturated carbocycles. The quantitative estimate of drug-likeness (QED) is 0.355. The number of esters is 1. The molecule has 0 unspecified atom stereocenters. The summed E-state index contributed by atoms with van der Waals surface area (Å²) in [6.07, 6.45) is 5.34. The number of aliphatic hydroxyl groups excluding tert-OH is 2. The Morgan fingerprint density at radius 3 is 2.67 bits per heavy atom. The molecule has 0 aliphatic heterocycles. The first-order valence-corrected chi connectivity index (χ1v) is 12.7. The van der Waals surface area contributed by atoms with Crippen molar-refractivity contribution in [2.45, 2.75) is 78.1 Å². The van der Waals surface area contributed by atoms with Crippen LogP contribution in [-0.2, 0) is 14.3 Å². The molecule has 3 rings (SSSR count). The van der Waals surface area contributed by atoms with Crippen LogP contribution in [0.3, 0.4) is 0 Å². The van der Waals surface area contributed by atoms with Crippen molar-refractivity contribution < 1.29 is 24.5 Å². The van der Waals surface area contributed by atoms with Crippen molar-refractivity contribution in [2.75, 3.05) is 0 Å². The van der Waals surface area contributed by atoms with Gasteiger partial charge < -0.3 is 14.9 Å². The highest BCUT2D eigenvalue weighted by Crippen LogP contribution is 2.40. The molecule has 1 aromatic heterocycles. The molecule has 6 heteroatoms. The largest absolute Gasteiger partial charge is 0.457 e. The lowest BCUT2D eigenvalue weighted by Gasteiger charge is -2.32. The molecule has 0 amide bonds. The lowest BCUT2D eigenvalue weighted by Crippen LogP contribution is -2.40. The summed E-state index contributed by atoms with van der Waals surface area (Å²) in [5.41, 5.74) is 5.12. The van der Waals surface area contributed by atoms with Crippen molar-refractivity contribution in [1.29, 1.82) is 0 Å². The molecule has 0 aromatic carbocycles. The monoisotopic (exact) mass is 493 g/mol. The van der Waals surface area contributed by atoms with Gasteiger partial charge in [0.25, 0.3) is 0 Å². The zero-order valence-corrected chi connectivity index (χ0v) is 21.9. The molecular weight excluding hydrogens is 454 g/mol. The van der Waals surface area contributed by atoms with Crippen LogP contribution in [0.1, 0.15) is 64.1 Å². The van der Waals surface area contributed by atoms with Crippen LogP contribution in [0.4, 0.5) is 0 Å². The van der Waals surface area contributed by atoms with Gasteiger partial charge in [-0.1, -0.05) is 30.7 Å². The van der Waals surface area contributed by atoms with Crippen LogP contribution in [0.2, 0.25) is 0 Å². The third-order valence-electron chi connectivity index (χ3n) is 7.42. The van der Waals surface area contributed by atoms with E-state index < -0.39 is 30.2 Å². The average molecular weight is 494 g/mol. The number of carbonyl (C=O) groups excluding carboxylic acids is 2. The first-order valence-electron chi connectivity index (χ1n) is 12.7. The van der Waals surface area contributed by atoms with Crippen molar-refractivity contribution >= 4 is 17.3 Å². The van der Waals surface area contributed by atoms with Crippen molar-refractivity contribution in [3.63, 3.8) is 0 Å². The van der Waals surface area contributed by atoms with Gasteiger partial charge in [0.1, 0.15) is 6.10 Å². The second-order valence-electron chi connectivity index (χ2n) is 10.4. The van der Waals surface area contributed by atoms with Gasteiger partial charge in [0.05, 0.1) is 24.3 Å². The average Bonchev–Trinajstić information content (AvgIpc) is 3.14. The molecule has 1 aromatic rings. The SMILES string of the molecule is C=C[C@@H]1CC(c2ccc(C)cn2)=C(C)[C@H]1OC(=O)C[C@H](O)C1=C[C@@H](CCCC(=C)C)[C@H](O)[C@@H](C)C1=O. The molecule has 0 saturated heterocycles. The fraction of sp³-hybridized carbons (Fsp3) is 0.500. The highest BCUT2D eigenvalue weighted by molar-refractivity contribution is 5.99. The maximum Gasteiger partial charge on any atom is 0.309 e. The van der Waals surface area contributed by atoms with Crippen LogP contribution in [0.25, 0.3) is 5.57 Å². The number of aliphatic hydroxyl groups is 2. The number of aryl methyl sites for hydroxylation is 1. The van der Waals surface area contributed by atoms with Crippen LogP contribution >= 0.6 is 0 Å². The maximum absolute atomic E-state index is 12.9. The van der Waals surface area contributed by atoms with Crippen molar-refractivity contribution in [2.24, 2.45) is 17.8 Å². The summed E-state index contributed by atoms with van der Waals surface area (Å²) >= 11 is 0. The number of allylic oxidation sites excluding steroid dienone is 2. The lowest BCUT2D eigenvalue weighted by atomic mass is 9.76. The number of rotatable bonds is 10. The van der Waals surface area contributed by atoms with Gasteiger partial charge in [-0.25, -0.2) is 0 Å². The number of hydrogen-bond donors (Lipinski definition) is 2. The summed E-state index contributed by atoms with van der Waals surface area (Å²) in [4.78, 5) is 30.2. The summed E-state index contributed by atoms with van der Waals surface area (Å²) in [5, 5.41) is 21.4. The smallest absolute Gasteiger partial charge is 0.309 e. The molecule has 1 heterocycles. The predicted molar refractivity (Wildman–Crippen MR) is 141 cm³/mol. The number of pyridine rings is 1. The van der Waals surface area contributed by atoms with Gasteiger partial charge in [0, 0.05) is 29.5 Å². The highest BCUT2D eigenvalue weighted by Gasteiger charge is 2.39. The van der Waals surface area contributed by atoms with E-state index in [-0.39, 0.29) is 29.6 Å². The van der Waals surface area contributed by atoms with E-state index in [9.17, 15) is 19.8 Å². The van der Waals surface area contributed by atoms with Crippen LogP contribution in [0.15, 0.2) is 60.4 Å². The number of Topliss-reactive ketones (excluding diaryl/α,β-unsaturated/α-hetero) is 1. The molecule has 6 nitrogen and oxygen atoms in total. The molecule has 0 bridgehead atoms. The van der Waals surface area contributed by atoms with E-state index in [0.29, 0.717) is 12.8 Å². The number of ketones is 1. The number of carbonyl (C=O) groups is 2. The van der Waals surface area contributed by atoms with E-state index in [0.717, 1.165) is 40.8 Å². The summed E-state index contributed by atoms with van der Waals surface area (Å²) in [6, 6.07) is 3.96. The topological polar surface area (TPSA) is 96.7 Å². The Balaban J connectivity index is 1.71. The van der Waals surface area contributed by atoms with Crippen LogP contribution in [-0.4, -0.2) is 45.3 Å². The molecule has 36 heavy (non-hydrogen) atoms. The van der Waals surface area contributed by atoms with Gasteiger partial charge in [-0.05, 0) is 69.2 Å². The minimum absolute atomic E-state index is 0.0902. The van der Waals surface area contributed by atoms with E-state index in [4.69, 9.17) is 4.74 Å². The molecule has 2 aliphatic carbocycles. The normalized spacial score (nSPS) is 27.0. The van der Waals surface area contributed by atoms with Gasteiger partial charge >= 0.3 is 5.97 Å². The highest BCUT2D eigenvalue weighted by atomic mass is 16.5. The minimum atomic E-state index is -1.28. The van der Waals surface area contributed by atoms with Crippen LogP contribution in [0.5, 0.6) is 0 Å². The fourth-order valence-electron chi connectivity index (χ4n) is 5.16. The summed E-state index contributed by atoms with van der Waals surface area (Å²) in [6.45, 7) is 15.4. The Labute approximate surface area is 214 Å². The molecule has 0 fully saturated rings. The Kier molecular flexibility index (Phi) is 9.20. The molecule has 6 atom stereocenters. The number of ether oxygens (including phenoxy) is 1. The predicted octanol–water partition coefficient (Wildman–Crippen LogP) is 4.90. The van der Waals surface area contributed by atoms with E-state index in [1.54, 1.807) is 19.1 Å². The fourth-order valence-corrected chi connectivity index (χ4v) is 5.16. The van der Waals surface area contributed by atoms with Gasteiger partial charge in [-0.15, -0.1) is 13.2 Å². The Morgan fingerprint density at radius 2 is 2.06 bits per heavy atom. The zero-order valence-electron chi connectivity index (χ0n) is 21.9. The Hall–Kier alpha value is -2.83. The van der Waals surface area contributed by atoms with Crippen molar-refractivity contribution in [3.05, 3.63) is 71.6 Å². The molecule has 2 N–H and O–H groups in total. The van der Waals surface area contributed by atoms with Gasteiger partial charge in [0.2, 0.25) is 0 Å². The number of aromatic nitrogens is 1. The van der Waals surface area contributed by atoms with Crippen molar-refractivity contribution in [3.8, 4) is 0 Å². The minimum Gasteiger partial charge on any atom is -0.457 e. The number of nitrogens with zero attached hydrogens (tertiary/aromatic N) is 1. The first-order chi connectivity index (χ1) is 17.0. The van der Waals surface area contributed by atoms with Gasteiger partial charge in [-0.2, -0.15) is 0 Å². The van der Waals surface area contributed by atoms with E-state index in [2.05, 4.69) is 18.1 Å². The third-order valence-corrected chi connectivity index (χ3v) is 7.42. The van der Waals surface area contributed by atoms with Gasteiger partial charge in [-0.3, -0.25) is 14.6 Å². The summed E-state index contributed by atoms with van der Waals surface area (Å²) in [5.74, 6) is -1.89. The molecule has 2 aliphatic rings.